The molecule has 0 N–H and O–H groups in total. The molecule has 0 fully saturated rings. The van der Waals surface area contributed by atoms with Gasteiger partial charge in [0.15, 0.2) is 5.13 Å². The van der Waals surface area contributed by atoms with Crippen molar-refractivity contribution in [1.82, 2.24) is 9.88 Å². The van der Waals surface area contributed by atoms with Crippen LogP contribution in [0.4, 0.5) is 18.3 Å². The van der Waals surface area contributed by atoms with Gasteiger partial charge in [-0.25, -0.2) is 4.98 Å². The third kappa shape index (κ3) is 6.09. The number of hydrogen-bond acceptors (Lipinski definition) is 5. The molecule has 1 aromatic heterocycles. The molecule has 1 amide bonds. The van der Waals surface area contributed by atoms with E-state index in [0.717, 1.165) is 22.3 Å². The second-order valence-electron chi connectivity index (χ2n) is 6.89. The van der Waals surface area contributed by atoms with Crippen molar-refractivity contribution in [3.63, 3.8) is 0 Å². The molecular weight excluding hydrogens is 451 g/mol. The highest BCUT2D eigenvalue weighted by molar-refractivity contribution is 7.22. The van der Waals surface area contributed by atoms with Gasteiger partial charge in [-0.05, 0) is 63.5 Å². The van der Waals surface area contributed by atoms with Gasteiger partial charge in [-0.2, -0.15) is 13.2 Å². The molecule has 3 rings (SSSR count). The third-order valence-corrected chi connectivity index (χ3v) is 5.41. The monoisotopic (exact) mass is 473 g/mol. The molecule has 0 spiro atoms. The van der Waals surface area contributed by atoms with E-state index in [-0.39, 0.29) is 18.0 Å². The predicted molar refractivity (Wildman–Crippen MR) is 120 cm³/mol. The summed E-state index contributed by atoms with van der Waals surface area (Å²) in [5.74, 6) is 0.323. The van der Waals surface area contributed by atoms with Crippen molar-refractivity contribution in [3.05, 3.63) is 53.6 Å². The van der Waals surface area contributed by atoms with Crippen LogP contribution in [0.1, 0.15) is 22.8 Å². The molecule has 31 heavy (non-hydrogen) atoms. The molecule has 10 heteroatoms. The number of ether oxygens (including phenoxy) is 1. The van der Waals surface area contributed by atoms with Crippen LogP contribution in [0.15, 0.2) is 42.5 Å². The average molecular weight is 474 g/mol. The van der Waals surface area contributed by atoms with Gasteiger partial charge in [0, 0.05) is 18.7 Å². The predicted octanol–water partition coefficient (Wildman–Crippen LogP) is 5.34. The lowest BCUT2D eigenvalue weighted by atomic mass is 10.1. The first-order chi connectivity index (χ1) is 14.2. The van der Waals surface area contributed by atoms with Gasteiger partial charge in [-0.3, -0.25) is 9.69 Å². The van der Waals surface area contributed by atoms with Gasteiger partial charge in [0.2, 0.25) is 0 Å². The smallest absolute Gasteiger partial charge is 0.416 e. The molecule has 0 aliphatic heterocycles. The number of halogens is 4. The lowest BCUT2D eigenvalue weighted by molar-refractivity contribution is -0.137. The van der Waals surface area contributed by atoms with Crippen molar-refractivity contribution in [2.45, 2.75) is 13.1 Å². The van der Waals surface area contributed by atoms with Gasteiger partial charge in [0.05, 0.1) is 22.4 Å². The number of alkyl halides is 3. The zero-order valence-corrected chi connectivity index (χ0v) is 18.9. The zero-order chi connectivity index (χ0) is 21.9. The maximum absolute atomic E-state index is 13.1. The van der Waals surface area contributed by atoms with E-state index in [0.29, 0.717) is 30.6 Å². The van der Waals surface area contributed by atoms with Crippen molar-refractivity contribution in [2.24, 2.45) is 0 Å². The SMILES string of the molecule is CCOc1ccc2nc(N(CCN(C)C)C(=O)c3ccc(C(F)(F)F)cc3)sc2c1.Cl. The van der Waals surface area contributed by atoms with Crippen molar-refractivity contribution < 1.29 is 22.7 Å². The molecule has 0 atom stereocenters. The standard InChI is InChI=1S/C21H22F3N3O2S.ClH/c1-4-29-16-9-10-17-18(13-16)30-20(25-17)27(12-11-26(2)3)19(28)14-5-7-15(8-6-14)21(22,23)24;/h5-10,13H,4,11-12H2,1-3H3;1H. The summed E-state index contributed by atoms with van der Waals surface area (Å²) >= 11 is 1.34. The number of carbonyl (C=O) groups is 1. The van der Waals surface area contributed by atoms with Crippen LogP contribution in [0, 0.1) is 0 Å². The van der Waals surface area contributed by atoms with E-state index in [4.69, 9.17) is 4.74 Å². The Hall–Kier alpha value is -2.36. The van der Waals surface area contributed by atoms with Gasteiger partial charge in [-0.15, -0.1) is 12.4 Å². The second-order valence-corrected chi connectivity index (χ2v) is 7.90. The lowest BCUT2D eigenvalue weighted by Crippen LogP contribution is -2.36. The van der Waals surface area contributed by atoms with Crippen molar-refractivity contribution in [1.29, 1.82) is 0 Å². The summed E-state index contributed by atoms with van der Waals surface area (Å²) in [6.45, 7) is 3.37. The number of benzene rings is 2. The highest BCUT2D eigenvalue weighted by Crippen LogP contribution is 2.33. The van der Waals surface area contributed by atoms with E-state index in [1.54, 1.807) is 0 Å². The van der Waals surface area contributed by atoms with Crippen LogP contribution in [0.3, 0.4) is 0 Å². The Labute approximate surface area is 188 Å². The number of carbonyl (C=O) groups excluding carboxylic acids is 1. The number of nitrogens with zero attached hydrogens (tertiary/aromatic N) is 3. The van der Waals surface area contributed by atoms with Crippen LogP contribution in [0.5, 0.6) is 5.75 Å². The summed E-state index contributed by atoms with van der Waals surface area (Å²) in [6, 6.07) is 9.76. The molecule has 168 valence electrons. The summed E-state index contributed by atoms with van der Waals surface area (Å²) in [5.41, 5.74) is 0.117. The third-order valence-electron chi connectivity index (χ3n) is 4.37. The quantitative estimate of drug-likeness (QED) is 0.464. The molecule has 0 bridgehead atoms. The van der Waals surface area contributed by atoms with Crippen LogP contribution >= 0.6 is 23.7 Å². The summed E-state index contributed by atoms with van der Waals surface area (Å²) in [5, 5.41) is 0.491. The maximum Gasteiger partial charge on any atom is 0.416 e. The molecule has 5 nitrogen and oxygen atoms in total. The molecule has 0 aliphatic carbocycles. The Morgan fingerprint density at radius 2 is 1.77 bits per heavy atom. The van der Waals surface area contributed by atoms with E-state index >= 15 is 0 Å². The summed E-state index contributed by atoms with van der Waals surface area (Å²) < 4.78 is 44.9. The number of amides is 1. The maximum atomic E-state index is 13.1. The second kappa shape index (κ2) is 10.3. The number of fused-ring (bicyclic) bond motifs is 1. The molecule has 0 radical (unpaired) electrons. The van der Waals surface area contributed by atoms with E-state index in [2.05, 4.69) is 4.98 Å². The fraction of sp³-hybridized carbons (Fsp3) is 0.333. The van der Waals surface area contributed by atoms with E-state index in [1.165, 1.54) is 28.4 Å². The number of thiazole rings is 1. The largest absolute Gasteiger partial charge is 0.494 e. The Kier molecular flexibility index (Phi) is 8.27. The number of rotatable bonds is 7. The number of anilines is 1. The van der Waals surface area contributed by atoms with E-state index in [9.17, 15) is 18.0 Å². The highest BCUT2D eigenvalue weighted by atomic mass is 35.5. The van der Waals surface area contributed by atoms with E-state index in [1.807, 2.05) is 44.1 Å². The minimum atomic E-state index is -4.45. The van der Waals surface area contributed by atoms with Gasteiger partial charge >= 0.3 is 6.18 Å². The summed E-state index contributed by atoms with van der Waals surface area (Å²) in [7, 11) is 3.76. The number of aromatic nitrogens is 1. The first-order valence-electron chi connectivity index (χ1n) is 9.36. The fourth-order valence-corrected chi connectivity index (χ4v) is 3.82. The Morgan fingerprint density at radius 3 is 2.35 bits per heavy atom. The van der Waals surface area contributed by atoms with Crippen LogP contribution in [0.2, 0.25) is 0 Å². The van der Waals surface area contributed by atoms with Gasteiger partial charge in [0.1, 0.15) is 5.75 Å². The topological polar surface area (TPSA) is 45.7 Å². The molecule has 0 unspecified atom stereocenters. The summed E-state index contributed by atoms with van der Waals surface area (Å²) in [6.07, 6.45) is -4.45. The fourth-order valence-electron chi connectivity index (χ4n) is 2.81. The molecule has 0 saturated heterocycles. The molecular formula is C21H23ClF3N3O2S. The normalized spacial score (nSPS) is 11.5. The first kappa shape index (κ1) is 24.9. The van der Waals surface area contributed by atoms with Crippen LogP contribution in [-0.2, 0) is 6.18 Å². The average Bonchev–Trinajstić information content (AvgIpc) is 3.10. The Balaban J connectivity index is 0.00000341. The minimum Gasteiger partial charge on any atom is -0.494 e. The lowest BCUT2D eigenvalue weighted by Gasteiger charge is -2.22. The van der Waals surface area contributed by atoms with Gasteiger partial charge in [0.25, 0.3) is 5.91 Å². The first-order valence-corrected chi connectivity index (χ1v) is 10.2. The minimum absolute atomic E-state index is 0. The van der Waals surface area contributed by atoms with Crippen molar-refractivity contribution in [3.8, 4) is 5.75 Å². The van der Waals surface area contributed by atoms with E-state index < -0.39 is 17.6 Å². The Bertz CT molecular complexity index is 1020. The molecule has 3 aromatic rings. The number of likely N-dealkylation sites (N-methyl/N-ethyl adjacent to an activating group) is 1. The van der Waals surface area contributed by atoms with Gasteiger partial charge in [-0.1, -0.05) is 11.3 Å². The number of hydrogen-bond donors (Lipinski definition) is 0. The molecule has 0 aliphatic rings. The highest BCUT2D eigenvalue weighted by Gasteiger charge is 2.30. The van der Waals surface area contributed by atoms with Gasteiger partial charge < -0.3 is 9.64 Å². The van der Waals surface area contributed by atoms with Crippen LogP contribution in [-0.4, -0.2) is 49.6 Å². The zero-order valence-electron chi connectivity index (χ0n) is 17.3. The molecule has 1 heterocycles. The van der Waals surface area contributed by atoms with Crippen LogP contribution < -0.4 is 9.64 Å². The van der Waals surface area contributed by atoms with Crippen molar-refractivity contribution in [2.75, 3.05) is 38.7 Å². The summed E-state index contributed by atoms with van der Waals surface area (Å²) in [4.78, 5) is 21.1. The van der Waals surface area contributed by atoms with Crippen LogP contribution in [0.25, 0.3) is 10.2 Å². The van der Waals surface area contributed by atoms with Crippen molar-refractivity contribution >= 4 is 45.0 Å². The molecule has 0 saturated carbocycles. The molecule has 2 aromatic carbocycles. The Morgan fingerprint density at radius 1 is 1.10 bits per heavy atom.